The molecule has 0 aromatic heterocycles. The molecule has 0 unspecified atom stereocenters. The molecule has 12 heavy (non-hydrogen) atoms. The fraction of sp³-hybridized carbons (Fsp3) is 0.700. The summed E-state index contributed by atoms with van der Waals surface area (Å²) in [4.78, 5) is 10.6. The van der Waals surface area contributed by atoms with Gasteiger partial charge in [-0.3, -0.25) is 0 Å². The van der Waals surface area contributed by atoms with E-state index < -0.39 is 5.97 Å². The number of carboxylic acids is 1. The maximum atomic E-state index is 10.6. The molecule has 1 spiro atoms. The summed E-state index contributed by atoms with van der Waals surface area (Å²) in [5, 5.41) is 8.73. The van der Waals surface area contributed by atoms with Gasteiger partial charge in [-0.05, 0) is 37.5 Å². The van der Waals surface area contributed by atoms with E-state index in [1.54, 1.807) is 0 Å². The molecule has 0 bridgehead atoms. The Labute approximate surface area is 72.3 Å². The van der Waals surface area contributed by atoms with Crippen molar-refractivity contribution in [3.8, 4) is 0 Å². The Kier molecular flexibility index (Phi) is 1.71. The van der Waals surface area contributed by atoms with Crippen molar-refractivity contribution >= 4 is 5.97 Å². The van der Waals surface area contributed by atoms with Gasteiger partial charge in [-0.15, -0.1) is 0 Å². The quantitative estimate of drug-likeness (QED) is 0.649. The summed E-state index contributed by atoms with van der Waals surface area (Å²) in [6.45, 7) is 0. The summed E-state index contributed by atoms with van der Waals surface area (Å²) < 4.78 is 0. The van der Waals surface area contributed by atoms with Gasteiger partial charge >= 0.3 is 5.97 Å². The normalized spacial score (nSPS) is 26.2. The van der Waals surface area contributed by atoms with E-state index in [2.05, 4.69) is 0 Å². The van der Waals surface area contributed by atoms with Crippen LogP contribution >= 0.6 is 0 Å². The van der Waals surface area contributed by atoms with Crippen molar-refractivity contribution in [2.75, 3.05) is 0 Å². The van der Waals surface area contributed by atoms with Crippen molar-refractivity contribution in [2.24, 2.45) is 5.41 Å². The van der Waals surface area contributed by atoms with E-state index in [1.165, 1.54) is 19.3 Å². The van der Waals surface area contributed by atoms with Gasteiger partial charge in [0, 0.05) is 5.57 Å². The van der Waals surface area contributed by atoms with Crippen LogP contribution in [0.4, 0.5) is 0 Å². The molecule has 0 atom stereocenters. The molecule has 0 radical (unpaired) electrons. The zero-order chi connectivity index (χ0) is 8.60. The smallest absolute Gasteiger partial charge is 0.331 e. The molecular formula is C10H14O2. The van der Waals surface area contributed by atoms with Crippen molar-refractivity contribution < 1.29 is 9.90 Å². The number of aliphatic carboxylic acids is 1. The Balaban J connectivity index is 2.04. The first-order valence-electron chi connectivity index (χ1n) is 4.64. The third-order valence-corrected chi connectivity index (χ3v) is 3.40. The minimum Gasteiger partial charge on any atom is -0.478 e. The van der Waals surface area contributed by atoms with Gasteiger partial charge in [0.05, 0.1) is 0 Å². The van der Waals surface area contributed by atoms with E-state index in [1.807, 2.05) is 6.08 Å². The first-order chi connectivity index (χ1) is 5.72. The molecule has 2 aliphatic carbocycles. The summed E-state index contributed by atoms with van der Waals surface area (Å²) >= 11 is 0. The van der Waals surface area contributed by atoms with Crippen molar-refractivity contribution in [3.05, 3.63) is 11.6 Å². The highest BCUT2D eigenvalue weighted by Gasteiger charge is 2.38. The van der Waals surface area contributed by atoms with Crippen molar-refractivity contribution in [1.29, 1.82) is 0 Å². The average molecular weight is 166 g/mol. The fourth-order valence-corrected chi connectivity index (χ4v) is 2.27. The van der Waals surface area contributed by atoms with Crippen LogP contribution in [0.1, 0.15) is 38.5 Å². The maximum Gasteiger partial charge on any atom is 0.331 e. The van der Waals surface area contributed by atoms with Gasteiger partial charge in [0.1, 0.15) is 0 Å². The second-order valence-electron chi connectivity index (χ2n) is 4.09. The molecule has 0 aliphatic heterocycles. The Hall–Kier alpha value is -0.790. The van der Waals surface area contributed by atoms with Crippen molar-refractivity contribution in [1.82, 2.24) is 0 Å². The van der Waals surface area contributed by atoms with E-state index >= 15 is 0 Å². The molecule has 0 aromatic rings. The zero-order valence-corrected chi connectivity index (χ0v) is 7.18. The Morgan fingerprint density at radius 1 is 1.42 bits per heavy atom. The Morgan fingerprint density at radius 3 is 2.50 bits per heavy atom. The van der Waals surface area contributed by atoms with Gasteiger partial charge in [-0.25, -0.2) is 4.79 Å². The Bertz CT molecular complexity index is 236. The standard InChI is InChI=1S/C10H14O2/c11-9(12)8-2-6-10(7-3-8)4-1-5-10/h2H,1,3-7H2,(H,11,12). The number of carboxylic acid groups (broad SMARTS) is 1. The Morgan fingerprint density at radius 2 is 2.17 bits per heavy atom. The van der Waals surface area contributed by atoms with E-state index in [9.17, 15) is 4.79 Å². The molecule has 2 rings (SSSR count). The first kappa shape index (κ1) is 7.84. The minimum absolute atomic E-state index is 0.527. The third kappa shape index (κ3) is 1.15. The highest BCUT2D eigenvalue weighted by Crippen LogP contribution is 2.50. The number of hydrogen-bond acceptors (Lipinski definition) is 1. The molecule has 0 saturated heterocycles. The summed E-state index contributed by atoms with van der Waals surface area (Å²) in [5.74, 6) is -0.718. The minimum atomic E-state index is -0.718. The second kappa shape index (κ2) is 2.61. The maximum absolute atomic E-state index is 10.6. The van der Waals surface area contributed by atoms with Crippen LogP contribution < -0.4 is 0 Å². The van der Waals surface area contributed by atoms with E-state index in [0.29, 0.717) is 11.0 Å². The van der Waals surface area contributed by atoms with Crippen LogP contribution in [0.25, 0.3) is 0 Å². The molecule has 2 heteroatoms. The van der Waals surface area contributed by atoms with Crippen LogP contribution in [0.3, 0.4) is 0 Å². The van der Waals surface area contributed by atoms with Gasteiger partial charge in [0.2, 0.25) is 0 Å². The van der Waals surface area contributed by atoms with Gasteiger partial charge in [0.25, 0.3) is 0 Å². The summed E-state index contributed by atoms with van der Waals surface area (Å²) in [7, 11) is 0. The molecule has 0 heterocycles. The summed E-state index contributed by atoms with van der Waals surface area (Å²) in [6, 6.07) is 0. The third-order valence-electron chi connectivity index (χ3n) is 3.40. The monoisotopic (exact) mass is 166 g/mol. The highest BCUT2D eigenvalue weighted by atomic mass is 16.4. The van der Waals surface area contributed by atoms with E-state index in [-0.39, 0.29) is 0 Å². The predicted octanol–water partition coefficient (Wildman–Crippen LogP) is 2.35. The fourth-order valence-electron chi connectivity index (χ4n) is 2.27. The number of hydrogen-bond donors (Lipinski definition) is 1. The van der Waals surface area contributed by atoms with Gasteiger partial charge in [0.15, 0.2) is 0 Å². The van der Waals surface area contributed by atoms with E-state index in [0.717, 1.165) is 19.3 Å². The molecular weight excluding hydrogens is 152 g/mol. The van der Waals surface area contributed by atoms with Crippen molar-refractivity contribution in [3.63, 3.8) is 0 Å². The topological polar surface area (TPSA) is 37.3 Å². The van der Waals surface area contributed by atoms with Crippen LogP contribution in [0.2, 0.25) is 0 Å². The van der Waals surface area contributed by atoms with Gasteiger partial charge in [-0.2, -0.15) is 0 Å². The van der Waals surface area contributed by atoms with Crippen LogP contribution in [0, 0.1) is 5.41 Å². The number of rotatable bonds is 1. The molecule has 2 aliphatic rings. The molecule has 2 nitrogen and oxygen atoms in total. The van der Waals surface area contributed by atoms with Gasteiger partial charge < -0.3 is 5.11 Å². The van der Waals surface area contributed by atoms with Crippen LogP contribution in [-0.2, 0) is 4.79 Å². The SMILES string of the molecule is O=C(O)C1=CCC2(CCC2)CC1. The lowest BCUT2D eigenvalue weighted by Crippen LogP contribution is -2.31. The zero-order valence-electron chi connectivity index (χ0n) is 7.18. The lowest BCUT2D eigenvalue weighted by molar-refractivity contribution is -0.133. The van der Waals surface area contributed by atoms with Crippen LogP contribution in [0.5, 0.6) is 0 Å². The molecule has 0 amide bonds. The van der Waals surface area contributed by atoms with Crippen LogP contribution in [0.15, 0.2) is 11.6 Å². The molecule has 66 valence electrons. The molecule has 0 aromatic carbocycles. The predicted molar refractivity (Wildman–Crippen MR) is 45.9 cm³/mol. The molecule has 1 N–H and O–H groups in total. The second-order valence-corrected chi connectivity index (χ2v) is 4.09. The van der Waals surface area contributed by atoms with E-state index in [4.69, 9.17) is 5.11 Å². The van der Waals surface area contributed by atoms with Crippen molar-refractivity contribution in [2.45, 2.75) is 38.5 Å². The lowest BCUT2D eigenvalue weighted by atomic mass is 9.61. The average Bonchev–Trinajstić information content (AvgIpc) is 2.02. The molecule has 1 fully saturated rings. The van der Waals surface area contributed by atoms with Gasteiger partial charge in [-0.1, -0.05) is 12.5 Å². The highest BCUT2D eigenvalue weighted by molar-refractivity contribution is 5.86. The first-order valence-corrected chi connectivity index (χ1v) is 4.64. The van der Waals surface area contributed by atoms with Crippen LogP contribution in [-0.4, -0.2) is 11.1 Å². The summed E-state index contributed by atoms with van der Waals surface area (Å²) in [5.41, 5.74) is 1.16. The summed E-state index contributed by atoms with van der Waals surface area (Å²) in [6.07, 6.45) is 8.81. The number of carbonyl (C=O) groups is 1. The lowest BCUT2D eigenvalue weighted by Gasteiger charge is -2.43. The molecule has 1 saturated carbocycles. The largest absolute Gasteiger partial charge is 0.478 e. The number of allylic oxidation sites excluding steroid dienone is 1.